The van der Waals surface area contributed by atoms with Crippen LogP contribution in [0.3, 0.4) is 0 Å². The van der Waals surface area contributed by atoms with E-state index in [2.05, 4.69) is 29.6 Å². The smallest absolute Gasteiger partial charge is 0.311 e. The highest BCUT2D eigenvalue weighted by atomic mass is 16.2. The average molecular weight is 328 g/mol. The third kappa shape index (κ3) is 4.59. The zero-order chi connectivity index (χ0) is 16.8. The summed E-state index contributed by atoms with van der Waals surface area (Å²) in [5.41, 5.74) is 1.36. The van der Waals surface area contributed by atoms with Crippen molar-refractivity contribution in [3.63, 3.8) is 0 Å². The van der Waals surface area contributed by atoms with E-state index in [1.807, 2.05) is 6.07 Å². The van der Waals surface area contributed by atoms with Gasteiger partial charge in [0.05, 0.1) is 0 Å². The van der Waals surface area contributed by atoms with E-state index in [1.165, 1.54) is 12.0 Å². The number of carbonyl (C=O) groups is 2. The van der Waals surface area contributed by atoms with Crippen LogP contribution in [0.15, 0.2) is 30.3 Å². The van der Waals surface area contributed by atoms with Crippen molar-refractivity contribution in [1.82, 2.24) is 10.2 Å². The Kier molecular flexibility index (Phi) is 5.89. The molecule has 1 aromatic carbocycles. The molecule has 0 bridgehead atoms. The van der Waals surface area contributed by atoms with Gasteiger partial charge in [0.25, 0.3) is 0 Å². The molecule has 4 nitrogen and oxygen atoms in total. The minimum absolute atomic E-state index is 0.200. The first-order valence-corrected chi connectivity index (χ1v) is 9.36. The van der Waals surface area contributed by atoms with Crippen LogP contribution in [0.1, 0.15) is 50.5 Å². The molecule has 0 unspecified atom stereocenters. The van der Waals surface area contributed by atoms with Gasteiger partial charge in [-0.3, -0.25) is 9.59 Å². The summed E-state index contributed by atoms with van der Waals surface area (Å²) in [5.74, 6) is -0.125. The standard InChI is InChI=1S/C20H28N2O2/c23-19(21-18-9-5-2-6-10-18)20(24)22-13-11-17(12-14-22)15-16-7-3-1-4-8-16/h1,3-4,7-8,17-18H,2,5-6,9-15H2,(H,21,23). The lowest BCUT2D eigenvalue weighted by Crippen LogP contribution is -2.49. The van der Waals surface area contributed by atoms with Gasteiger partial charge in [-0.15, -0.1) is 0 Å². The molecule has 3 rings (SSSR count). The van der Waals surface area contributed by atoms with Crippen LogP contribution in [0.4, 0.5) is 0 Å². The maximum atomic E-state index is 12.4. The molecule has 1 N–H and O–H groups in total. The van der Waals surface area contributed by atoms with E-state index in [9.17, 15) is 9.59 Å². The van der Waals surface area contributed by atoms with Crippen LogP contribution in [-0.4, -0.2) is 35.8 Å². The molecular formula is C20H28N2O2. The molecule has 0 radical (unpaired) electrons. The number of hydrogen-bond acceptors (Lipinski definition) is 2. The van der Waals surface area contributed by atoms with Crippen LogP contribution in [0.25, 0.3) is 0 Å². The molecule has 1 heterocycles. The van der Waals surface area contributed by atoms with Gasteiger partial charge in [0.2, 0.25) is 0 Å². The predicted molar refractivity (Wildman–Crippen MR) is 94.5 cm³/mol. The van der Waals surface area contributed by atoms with E-state index < -0.39 is 5.91 Å². The molecule has 1 aliphatic heterocycles. The largest absolute Gasteiger partial charge is 0.345 e. The average Bonchev–Trinajstić information content (AvgIpc) is 2.63. The quantitative estimate of drug-likeness (QED) is 0.867. The fourth-order valence-corrected chi connectivity index (χ4v) is 3.93. The fraction of sp³-hybridized carbons (Fsp3) is 0.600. The molecule has 0 atom stereocenters. The highest BCUT2D eigenvalue weighted by molar-refractivity contribution is 6.35. The van der Waals surface area contributed by atoms with E-state index in [1.54, 1.807) is 4.90 Å². The molecule has 24 heavy (non-hydrogen) atoms. The predicted octanol–water partition coefficient (Wildman–Crippen LogP) is 2.92. The Morgan fingerprint density at radius 2 is 1.62 bits per heavy atom. The van der Waals surface area contributed by atoms with E-state index in [4.69, 9.17) is 0 Å². The maximum absolute atomic E-state index is 12.4. The minimum Gasteiger partial charge on any atom is -0.345 e. The SMILES string of the molecule is O=C(NC1CCCCC1)C(=O)N1CCC(Cc2ccccc2)CC1. The second kappa shape index (κ2) is 8.32. The van der Waals surface area contributed by atoms with Gasteiger partial charge >= 0.3 is 11.8 Å². The number of amides is 2. The maximum Gasteiger partial charge on any atom is 0.311 e. The van der Waals surface area contributed by atoms with Crippen LogP contribution in [0.5, 0.6) is 0 Å². The Labute approximate surface area is 144 Å². The summed E-state index contributed by atoms with van der Waals surface area (Å²) in [7, 11) is 0. The molecule has 1 saturated carbocycles. The molecular weight excluding hydrogens is 300 g/mol. The van der Waals surface area contributed by atoms with Crippen LogP contribution in [0, 0.1) is 5.92 Å². The zero-order valence-electron chi connectivity index (χ0n) is 14.4. The van der Waals surface area contributed by atoms with E-state index in [0.717, 1.165) is 44.9 Å². The lowest BCUT2D eigenvalue weighted by Gasteiger charge is -2.32. The Balaban J connectivity index is 1.43. The number of piperidine rings is 1. The first-order chi connectivity index (χ1) is 11.7. The highest BCUT2D eigenvalue weighted by Crippen LogP contribution is 2.22. The highest BCUT2D eigenvalue weighted by Gasteiger charge is 2.28. The molecule has 2 aliphatic rings. The summed E-state index contributed by atoms with van der Waals surface area (Å²) >= 11 is 0. The summed E-state index contributed by atoms with van der Waals surface area (Å²) in [5, 5.41) is 2.94. The van der Waals surface area contributed by atoms with Crippen molar-refractivity contribution in [2.45, 2.75) is 57.4 Å². The Morgan fingerprint density at radius 3 is 2.29 bits per heavy atom. The van der Waals surface area contributed by atoms with Crippen LogP contribution < -0.4 is 5.32 Å². The number of hydrogen-bond donors (Lipinski definition) is 1. The van der Waals surface area contributed by atoms with E-state index in [-0.39, 0.29) is 11.9 Å². The minimum atomic E-state index is -0.400. The van der Waals surface area contributed by atoms with Crippen molar-refractivity contribution in [1.29, 1.82) is 0 Å². The molecule has 0 spiro atoms. The second-order valence-electron chi connectivity index (χ2n) is 7.23. The summed E-state index contributed by atoms with van der Waals surface area (Å²) in [6.45, 7) is 1.41. The van der Waals surface area contributed by atoms with Crippen molar-refractivity contribution < 1.29 is 9.59 Å². The van der Waals surface area contributed by atoms with Crippen LogP contribution >= 0.6 is 0 Å². The van der Waals surface area contributed by atoms with Crippen molar-refractivity contribution >= 4 is 11.8 Å². The van der Waals surface area contributed by atoms with E-state index in [0.29, 0.717) is 19.0 Å². The molecule has 2 fully saturated rings. The fourth-order valence-electron chi connectivity index (χ4n) is 3.93. The van der Waals surface area contributed by atoms with Crippen molar-refractivity contribution in [2.75, 3.05) is 13.1 Å². The van der Waals surface area contributed by atoms with Crippen molar-refractivity contribution in [3.8, 4) is 0 Å². The zero-order valence-corrected chi connectivity index (χ0v) is 14.4. The third-order valence-corrected chi connectivity index (χ3v) is 5.40. The van der Waals surface area contributed by atoms with E-state index >= 15 is 0 Å². The first-order valence-electron chi connectivity index (χ1n) is 9.36. The van der Waals surface area contributed by atoms with Gasteiger partial charge in [0, 0.05) is 19.1 Å². The summed E-state index contributed by atoms with van der Waals surface area (Å²) in [6, 6.07) is 10.7. The second-order valence-corrected chi connectivity index (χ2v) is 7.23. The Morgan fingerprint density at radius 1 is 0.958 bits per heavy atom. The Bertz CT molecular complexity index is 544. The molecule has 1 saturated heterocycles. The molecule has 1 aromatic rings. The Hall–Kier alpha value is -1.84. The van der Waals surface area contributed by atoms with Gasteiger partial charge in [-0.2, -0.15) is 0 Å². The van der Waals surface area contributed by atoms with Crippen LogP contribution in [-0.2, 0) is 16.0 Å². The van der Waals surface area contributed by atoms with Gasteiger partial charge in [0.1, 0.15) is 0 Å². The molecule has 4 heteroatoms. The van der Waals surface area contributed by atoms with Gasteiger partial charge in [-0.05, 0) is 43.6 Å². The summed E-state index contributed by atoms with van der Waals surface area (Å²) in [6.07, 6.45) is 8.62. The number of likely N-dealkylation sites (tertiary alicyclic amines) is 1. The molecule has 130 valence electrons. The third-order valence-electron chi connectivity index (χ3n) is 5.40. The number of carbonyl (C=O) groups excluding carboxylic acids is 2. The summed E-state index contributed by atoms with van der Waals surface area (Å²) < 4.78 is 0. The number of nitrogens with one attached hydrogen (secondary N) is 1. The molecule has 1 aliphatic carbocycles. The normalized spacial score (nSPS) is 19.9. The van der Waals surface area contributed by atoms with Gasteiger partial charge in [-0.1, -0.05) is 49.6 Å². The molecule has 0 aromatic heterocycles. The van der Waals surface area contributed by atoms with Crippen LogP contribution in [0.2, 0.25) is 0 Å². The van der Waals surface area contributed by atoms with Gasteiger partial charge in [-0.25, -0.2) is 0 Å². The van der Waals surface area contributed by atoms with Gasteiger partial charge in [0.15, 0.2) is 0 Å². The number of benzene rings is 1. The number of nitrogens with zero attached hydrogens (tertiary/aromatic N) is 1. The van der Waals surface area contributed by atoms with Crippen molar-refractivity contribution in [2.24, 2.45) is 5.92 Å². The topological polar surface area (TPSA) is 49.4 Å². The summed E-state index contributed by atoms with van der Waals surface area (Å²) in [4.78, 5) is 26.3. The molecule has 2 amide bonds. The lowest BCUT2D eigenvalue weighted by atomic mass is 9.90. The lowest BCUT2D eigenvalue weighted by molar-refractivity contribution is -0.147. The van der Waals surface area contributed by atoms with Gasteiger partial charge < -0.3 is 10.2 Å². The monoisotopic (exact) mass is 328 g/mol. The van der Waals surface area contributed by atoms with Crippen molar-refractivity contribution in [3.05, 3.63) is 35.9 Å². The number of rotatable bonds is 3. The first kappa shape index (κ1) is 17.0.